The molecule has 0 saturated carbocycles. The van der Waals surface area contributed by atoms with Crippen molar-refractivity contribution in [2.24, 2.45) is 0 Å². The molecular weight excluding hydrogens is 248 g/mol. The minimum absolute atomic E-state index is 0.151. The summed E-state index contributed by atoms with van der Waals surface area (Å²) in [5, 5.41) is 0. The van der Waals surface area contributed by atoms with Crippen molar-refractivity contribution in [3.63, 3.8) is 0 Å². The Morgan fingerprint density at radius 3 is 2.30 bits per heavy atom. The summed E-state index contributed by atoms with van der Waals surface area (Å²) in [6, 6.07) is 11.0. The zero-order chi connectivity index (χ0) is 14.7. The summed E-state index contributed by atoms with van der Waals surface area (Å²) < 4.78 is 0. The van der Waals surface area contributed by atoms with Gasteiger partial charge in [0, 0.05) is 18.6 Å². The predicted octanol–water partition coefficient (Wildman–Crippen LogP) is 3.62. The van der Waals surface area contributed by atoms with Gasteiger partial charge in [-0.1, -0.05) is 42.5 Å². The molecule has 0 N–H and O–H groups in total. The molecule has 1 aromatic rings. The van der Waals surface area contributed by atoms with Crippen molar-refractivity contribution in [3.8, 4) is 0 Å². The van der Waals surface area contributed by atoms with Crippen LogP contribution in [0.2, 0.25) is 0 Å². The van der Waals surface area contributed by atoms with Crippen molar-refractivity contribution in [2.45, 2.75) is 45.8 Å². The van der Waals surface area contributed by atoms with E-state index in [4.69, 9.17) is 0 Å². The molecule has 1 aliphatic heterocycles. The average molecular weight is 272 g/mol. The highest BCUT2D eigenvalue weighted by molar-refractivity contribution is 5.78. The van der Waals surface area contributed by atoms with E-state index in [-0.39, 0.29) is 24.2 Å². The van der Waals surface area contributed by atoms with E-state index < -0.39 is 0 Å². The van der Waals surface area contributed by atoms with E-state index in [1.54, 1.807) is 0 Å². The fourth-order valence-electron chi connectivity index (χ4n) is 2.63. The Morgan fingerprint density at radius 2 is 1.75 bits per heavy atom. The lowest BCUT2D eigenvalue weighted by Gasteiger charge is -2.26. The molecule has 20 heavy (non-hydrogen) atoms. The number of hydrogen-bond acceptors (Lipinski definition) is 1. The first-order valence-electron chi connectivity index (χ1n) is 7.33. The summed E-state index contributed by atoms with van der Waals surface area (Å²) in [6.07, 6.45) is 4.26. The second kappa shape index (κ2) is 6.12. The number of rotatable bonds is 4. The Hall–Kier alpha value is -1.77. The molecule has 1 heterocycles. The maximum absolute atomic E-state index is 12.4. The van der Waals surface area contributed by atoms with E-state index in [2.05, 4.69) is 52.0 Å². The fraction of sp³-hybridized carbons (Fsp3) is 0.471. The van der Waals surface area contributed by atoms with Crippen LogP contribution in [0.3, 0.4) is 0 Å². The minimum atomic E-state index is 0.151. The van der Waals surface area contributed by atoms with E-state index in [0.29, 0.717) is 0 Å². The second-order valence-corrected chi connectivity index (χ2v) is 5.87. The second-order valence-electron chi connectivity index (χ2n) is 5.87. The van der Waals surface area contributed by atoms with Crippen LogP contribution in [0.5, 0.6) is 0 Å². The van der Waals surface area contributed by atoms with Crippen molar-refractivity contribution in [3.05, 3.63) is 42.0 Å². The van der Waals surface area contributed by atoms with Crippen molar-refractivity contribution < 1.29 is 4.79 Å². The zero-order valence-corrected chi connectivity index (χ0v) is 12.8. The molecule has 1 atom stereocenters. The maximum atomic E-state index is 12.4. The molecular formula is C17H24N2O. The van der Waals surface area contributed by atoms with Gasteiger partial charge in [-0.15, -0.1) is 0 Å². The van der Waals surface area contributed by atoms with Crippen LogP contribution in [0.4, 0.5) is 4.79 Å². The van der Waals surface area contributed by atoms with Gasteiger partial charge in [0.15, 0.2) is 0 Å². The summed E-state index contributed by atoms with van der Waals surface area (Å²) in [5.74, 6) is 0. The highest BCUT2D eigenvalue weighted by Crippen LogP contribution is 2.22. The Kier molecular flexibility index (Phi) is 4.48. The topological polar surface area (TPSA) is 23.6 Å². The van der Waals surface area contributed by atoms with Crippen LogP contribution < -0.4 is 0 Å². The number of hydrogen-bond donors (Lipinski definition) is 0. The highest BCUT2D eigenvalue weighted by atomic mass is 16.2. The molecule has 0 aromatic heterocycles. The third kappa shape index (κ3) is 3.03. The molecule has 0 aliphatic carbocycles. The normalized spacial score (nSPS) is 19.9. The number of nitrogens with zero attached hydrogens (tertiary/aromatic N) is 2. The van der Waals surface area contributed by atoms with Crippen LogP contribution in [0.25, 0.3) is 6.08 Å². The van der Waals surface area contributed by atoms with Gasteiger partial charge in [0.1, 0.15) is 0 Å². The van der Waals surface area contributed by atoms with Gasteiger partial charge in [-0.2, -0.15) is 0 Å². The van der Waals surface area contributed by atoms with Gasteiger partial charge in [-0.25, -0.2) is 4.79 Å². The quantitative estimate of drug-likeness (QED) is 0.821. The third-order valence-corrected chi connectivity index (χ3v) is 3.70. The fourth-order valence-corrected chi connectivity index (χ4v) is 2.63. The van der Waals surface area contributed by atoms with Gasteiger partial charge in [0.2, 0.25) is 0 Å². The van der Waals surface area contributed by atoms with Crippen molar-refractivity contribution in [1.82, 2.24) is 9.80 Å². The van der Waals surface area contributed by atoms with E-state index in [1.807, 2.05) is 28.0 Å². The molecule has 0 spiro atoms. The van der Waals surface area contributed by atoms with Crippen molar-refractivity contribution >= 4 is 12.1 Å². The van der Waals surface area contributed by atoms with Crippen molar-refractivity contribution in [1.29, 1.82) is 0 Å². The summed E-state index contributed by atoms with van der Waals surface area (Å²) in [7, 11) is 0. The Bertz CT molecular complexity index is 479. The lowest BCUT2D eigenvalue weighted by atomic mass is 10.1. The smallest absolute Gasteiger partial charge is 0.320 e. The molecule has 0 bridgehead atoms. The molecule has 1 aliphatic rings. The molecule has 2 rings (SSSR count). The molecule has 0 radical (unpaired) electrons. The largest absolute Gasteiger partial charge is 0.321 e. The number of amides is 2. The third-order valence-electron chi connectivity index (χ3n) is 3.70. The Balaban J connectivity index is 2.17. The number of carbonyl (C=O) groups excluding carboxylic acids is 1. The lowest BCUT2D eigenvalue weighted by molar-refractivity contribution is 0.171. The van der Waals surface area contributed by atoms with Crippen LogP contribution >= 0.6 is 0 Å². The minimum Gasteiger partial charge on any atom is -0.320 e. The van der Waals surface area contributed by atoms with Crippen LogP contribution in [0, 0.1) is 0 Å². The van der Waals surface area contributed by atoms with Crippen LogP contribution in [0.1, 0.15) is 33.3 Å². The van der Waals surface area contributed by atoms with E-state index in [0.717, 1.165) is 6.54 Å². The summed E-state index contributed by atoms with van der Waals surface area (Å²) in [5.41, 5.74) is 1.17. The first kappa shape index (κ1) is 14.6. The zero-order valence-electron chi connectivity index (χ0n) is 12.8. The summed E-state index contributed by atoms with van der Waals surface area (Å²) >= 11 is 0. The molecule has 0 unspecified atom stereocenters. The van der Waals surface area contributed by atoms with E-state index in [9.17, 15) is 4.79 Å². The number of benzene rings is 1. The van der Waals surface area contributed by atoms with Crippen LogP contribution in [-0.4, -0.2) is 40.5 Å². The number of urea groups is 1. The molecule has 1 saturated heterocycles. The lowest BCUT2D eigenvalue weighted by Crippen LogP contribution is -2.40. The Labute approximate surface area is 121 Å². The Morgan fingerprint density at radius 1 is 1.10 bits per heavy atom. The molecule has 1 fully saturated rings. The maximum Gasteiger partial charge on any atom is 0.321 e. The average Bonchev–Trinajstić information content (AvgIpc) is 2.75. The predicted molar refractivity (Wildman–Crippen MR) is 83.5 cm³/mol. The highest BCUT2D eigenvalue weighted by Gasteiger charge is 2.38. The van der Waals surface area contributed by atoms with Gasteiger partial charge in [0.25, 0.3) is 0 Å². The van der Waals surface area contributed by atoms with Crippen molar-refractivity contribution in [2.75, 3.05) is 6.54 Å². The molecule has 2 amide bonds. The molecule has 1 aromatic carbocycles. The summed E-state index contributed by atoms with van der Waals surface area (Å²) in [6.45, 7) is 9.06. The van der Waals surface area contributed by atoms with Gasteiger partial charge in [-0.3, -0.25) is 0 Å². The standard InChI is InChI=1S/C17H24N2O/c1-13(2)18-12-16(19(14(3)4)17(18)20)11-10-15-8-6-5-7-9-15/h5-11,13-14,16H,12H2,1-4H3/b11-10+/t16-/m1/s1. The number of carbonyl (C=O) groups is 1. The first-order chi connectivity index (χ1) is 9.50. The summed E-state index contributed by atoms with van der Waals surface area (Å²) in [4.78, 5) is 16.3. The van der Waals surface area contributed by atoms with Crippen LogP contribution in [-0.2, 0) is 0 Å². The van der Waals surface area contributed by atoms with E-state index in [1.165, 1.54) is 5.56 Å². The van der Waals surface area contributed by atoms with Gasteiger partial charge in [0.05, 0.1) is 6.04 Å². The van der Waals surface area contributed by atoms with Crippen LogP contribution in [0.15, 0.2) is 36.4 Å². The van der Waals surface area contributed by atoms with Gasteiger partial charge >= 0.3 is 6.03 Å². The molecule has 108 valence electrons. The van der Waals surface area contributed by atoms with E-state index >= 15 is 0 Å². The molecule has 3 nitrogen and oxygen atoms in total. The van der Waals surface area contributed by atoms with Gasteiger partial charge in [-0.05, 0) is 33.3 Å². The SMILES string of the molecule is CC(C)N1C[C@@H](/C=C/c2ccccc2)N(C(C)C)C1=O. The monoisotopic (exact) mass is 272 g/mol. The molecule has 3 heteroatoms. The van der Waals surface area contributed by atoms with Gasteiger partial charge < -0.3 is 9.80 Å². The first-order valence-corrected chi connectivity index (χ1v) is 7.33.